The van der Waals surface area contributed by atoms with Crippen LogP contribution in [0, 0.1) is 6.92 Å². The Balaban J connectivity index is 2.34. The maximum atomic E-state index is 6.15. The van der Waals surface area contributed by atoms with Crippen LogP contribution >= 0.6 is 11.6 Å². The number of allylic oxidation sites excluding steroid dienone is 1. The Labute approximate surface area is 115 Å². The van der Waals surface area contributed by atoms with Crippen molar-refractivity contribution in [3.8, 4) is 0 Å². The second kappa shape index (κ2) is 6.40. The molecule has 2 rings (SSSR count). The Kier molecular flexibility index (Phi) is 4.85. The van der Waals surface area contributed by atoms with Gasteiger partial charge in [-0.3, -0.25) is 0 Å². The van der Waals surface area contributed by atoms with Crippen molar-refractivity contribution >= 4 is 11.6 Å². The minimum absolute atomic E-state index is 0.342. The number of hydrogen-bond donors (Lipinski definition) is 1. The predicted molar refractivity (Wildman–Crippen MR) is 79.2 cm³/mol. The summed E-state index contributed by atoms with van der Waals surface area (Å²) >= 11 is 6.15. The fourth-order valence-corrected chi connectivity index (χ4v) is 2.87. The smallest absolute Gasteiger partial charge is 0.0539 e. The maximum absolute atomic E-state index is 6.15. The molecule has 0 amide bonds. The Morgan fingerprint density at radius 2 is 2.17 bits per heavy atom. The van der Waals surface area contributed by atoms with Gasteiger partial charge in [-0.1, -0.05) is 36.2 Å². The number of likely N-dealkylation sites (N-methyl/N-ethyl adjacent to an activating group) is 1. The summed E-state index contributed by atoms with van der Waals surface area (Å²) in [6.07, 6.45) is 7.49. The first-order valence-corrected chi connectivity index (χ1v) is 7.28. The van der Waals surface area contributed by atoms with Crippen LogP contribution in [0.3, 0.4) is 0 Å². The third-order valence-corrected chi connectivity index (χ3v) is 3.89. The summed E-state index contributed by atoms with van der Waals surface area (Å²) in [6.45, 7) is 5.31. The molecule has 0 fully saturated rings. The molecule has 0 bridgehead atoms. The molecule has 1 aliphatic carbocycles. The van der Waals surface area contributed by atoms with E-state index in [1.165, 1.54) is 42.4 Å². The van der Waals surface area contributed by atoms with E-state index in [9.17, 15) is 0 Å². The molecule has 1 aromatic carbocycles. The van der Waals surface area contributed by atoms with Crippen LogP contribution in [0.4, 0.5) is 0 Å². The number of benzene rings is 1. The van der Waals surface area contributed by atoms with E-state index in [1.807, 2.05) is 6.07 Å². The molecule has 0 aromatic heterocycles. The van der Waals surface area contributed by atoms with Gasteiger partial charge in [0, 0.05) is 5.02 Å². The largest absolute Gasteiger partial charge is 0.307 e. The number of hydrogen-bond acceptors (Lipinski definition) is 1. The minimum atomic E-state index is 0.342. The molecule has 1 nitrogen and oxygen atoms in total. The van der Waals surface area contributed by atoms with Crippen molar-refractivity contribution in [2.24, 2.45) is 0 Å². The fraction of sp³-hybridized carbons (Fsp3) is 0.500. The first-order valence-electron chi connectivity index (χ1n) is 6.90. The lowest BCUT2D eigenvalue weighted by atomic mass is 9.88. The molecule has 0 radical (unpaired) electrons. The molecule has 0 heterocycles. The molecule has 0 saturated carbocycles. The standard InChI is InChI=1S/C16H22ClN/c1-3-18-16(13-7-5-4-6-8-13)15-11-14(17)10-9-12(15)2/h7,9-11,16,18H,3-6,8H2,1-2H3. The monoisotopic (exact) mass is 263 g/mol. The van der Waals surface area contributed by atoms with Crippen molar-refractivity contribution < 1.29 is 0 Å². The Morgan fingerprint density at radius 3 is 2.83 bits per heavy atom. The van der Waals surface area contributed by atoms with Crippen LogP contribution in [-0.4, -0.2) is 6.54 Å². The van der Waals surface area contributed by atoms with Gasteiger partial charge in [-0.25, -0.2) is 0 Å². The van der Waals surface area contributed by atoms with Gasteiger partial charge in [-0.2, -0.15) is 0 Å². The molecule has 1 aliphatic rings. The van der Waals surface area contributed by atoms with Gasteiger partial charge in [0.25, 0.3) is 0 Å². The number of halogens is 1. The van der Waals surface area contributed by atoms with Crippen LogP contribution in [0.5, 0.6) is 0 Å². The second-order valence-electron chi connectivity index (χ2n) is 5.02. The fourth-order valence-electron chi connectivity index (χ4n) is 2.69. The predicted octanol–water partition coefficient (Wildman–Crippen LogP) is 4.80. The van der Waals surface area contributed by atoms with Crippen molar-refractivity contribution in [1.29, 1.82) is 0 Å². The topological polar surface area (TPSA) is 12.0 Å². The molecular weight excluding hydrogens is 242 g/mol. The van der Waals surface area contributed by atoms with Gasteiger partial charge < -0.3 is 5.32 Å². The zero-order valence-electron chi connectivity index (χ0n) is 11.3. The highest BCUT2D eigenvalue weighted by molar-refractivity contribution is 6.30. The summed E-state index contributed by atoms with van der Waals surface area (Å²) in [5, 5.41) is 4.44. The number of rotatable bonds is 4. The third kappa shape index (κ3) is 3.15. The van der Waals surface area contributed by atoms with E-state index in [2.05, 4.69) is 37.4 Å². The van der Waals surface area contributed by atoms with Crippen LogP contribution in [0.25, 0.3) is 0 Å². The van der Waals surface area contributed by atoms with E-state index in [4.69, 9.17) is 11.6 Å². The number of aryl methyl sites for hydroxylation is 1. The van der Waals surface area contributed by atoms with E-state index in [0.29, 0.717) is 6.04 Å². The molecule has 1 atom stereocenters. The first kappa shape index (κ1) is 13.6. The molecule has 0 aliphatic heterocycles. The first-order chi connectivity index (χ1) is 8.72. The molecule has 2 heteroatoms. The summed E-state index contributed by atoms with van der Waals surface area (Å²) in [7, 11) is 0. The lowest BCUT2D eigenvalue weighted by Gasteiger charge is -2.26. The summed E-state index contributed by atoms with van der Waals surface area (Å²) in [6, 6.07) is 6.54. The summed E-state index contributed by atoms with van der Waals surface area (Å²) in [4.78, 5) is 0. The highest BCUT2D eigenvalue weighted by atomic mass is 35.5. The van der Waals surface area contributed by atoms with Crippen LogP contribution in [-0.2, 0) is 0 Å². The molecule has 1 aromatic rings. The second-order valence-corrected chi connectivity index (χ2v) is 5.45. The average Bonchev–Trinajstić information content (AvgIpc) is 2.40. The van der Waals surface area contributed by atoms with Gasteiger partial charge in [0.15, 0.2) is 0 Å². The highest BCUT2D eigenvalue weighted by Gasteiger charge is 2.19. The molecule has 18 heavy (non-hydrogen) atoms. The quantitative estimate of drug-likeness (QED) is 0.770. The van der Waals surface area contributed by atoms with E-state index in [0.717, 1.165) is 11.6 Å². The SMILES string of the molecule is CCNC(C1=CCCCC1)c1cc(Cl)ccc1C. The van der Waals surface area contributed by atoms with E-state index in [-0.39, 0.29) is 0 Å². The minimum Gasteiger partial charge on any atom is -0.307 e. The summed E-state index contributed by atoms with van der Waals surface area (Å²) in [5.74, 6) is 0. The van der Waals surface area contributed by atoms with Crippen molar-refractivity contribution in [3.05, 3.63) is 46.0 Å². The Morgan fingerprint density at radius 1 is 1.33 bits per heavy atom. The van der Waals surface area contributed by atoms with Crippen LogP contribution in [0.2, 0.25) is 5.02 Å². The van der Waals surface area contributed by atoms with Crippen molar-refractivity contribution in [1.82, 2.24) is 5.32 Å². The van der Waals surface area contributed by atoms with Crippen LogP contribution in [0.1, 0.15) is 49.8 Å². The van der Waals surface area contributed by atoms with Crippen molar-refractivity contribution in [2.75, 3.05) is 6.54 Å². The molecule has 0 spiro atoms. The van der Waals surface area contributed by atoms with Gasteiger partial charge in [-0.15, -0.1) is 0 Å². The van der Waals surface area contributed by atoms with Crippen molar-refractivity contribution in [3.63, 3.8) is 0 Å². The lowest BCUT2D eigenvalue weighted by Crippen LogP contribution is -2.24. The van der Waals surface area contributed by atoms with Crippen molar-refractivity contribution in [2.45, 2.75) is 45.6 Å². The van der Waals surface area contributed by atoms with Crippen LogP contribution < -0.4 is 5.32 Å². The highest BCUT2D eigenvalue weighted by Crippen LogP contribution is 2.32. The van der Waals surface area contributed by atoms with Gasteiger partial charge in [-0.05, 0) is 62.4 Å². The summed E-state index contributed by atoms with van der Waals surface area (Å²) in [5.41, 5.74) is 4.18. The number of nitrogens with one attached hydrogen (secondary N) is 1. The van der Waals surface area contributed by atoms with Crippen LogP contribution in [0.15, 0.2) is 29.8 Å². The normalized spacial score (nSPS) is 17.4. The van der Waals surface area contributed by atoms with E-state index >= 15 is 0 Å². The maximum Gasteiger partial charge on any atom is 0.0539 e. The zero-order valence-corrected chi connectivity index (χ0v) is 12.1. The molecular formula is C16H22ClN. The van der Waals surface area contributed by atoms with Gasteiger partial charge in [0.05, 0.1) is 6.04 Å². The zero-order chi connectivity index (χ0) is 13.0. The van der Waals surface area contributed by atoms with E-state index in [1.54, 1.807) is 0 Å². The van der Waals surface area contributed by atoms with Gasteiger partial charge in [0.1, 0.15) is 0 Å². The molecule has 0 saturated heterocycles. The Hall–Kier alpha value is -0.790. The third-order valence-electron chi connectivity index (χ3n) is 3.66. The molecule has 98 valence electrons. The molecule has 1 unspecified atom stereocenters. The van der Waals surface area contributed by atoms with E-state index < -0.39 is 0 Å². The average molecular weight is 264 g/mol. The summed E-state index contributed by atoms with van der Waals surface area (Å²) < 4.78 is 0. The van der Waals surface area contributed by atoms with Gasteiger partial charge >= 0.3 is 0 Å². The lowest BCUT2D eigenvalue weighted by molar-refractivity contribution is 0.562. The Bertz CT molecular complexity index is 437. The van der Waals surface area contributed by atoms with Gasteiger partial charge in [0.2, 0.25) is 0 Å². The molecule has 1 N–H and O–H groups in total.